The van der Waals surface area contributed by atoms with Gasteiger partial charge in [0.25, 0.3) is 0 Å². The Bertz CT molecular complexity index is 214. The smallest absolute Gasteiger partial charge is 0.244 e. The van der Waals surface area contributed by atoms with Crippen LogP contribution in [-0.4, -0.2) is 44.0 Å². The Hall–Kier alpha value is -1.36. The highest BCUT2D eigenvalue weighted by molar-refractivity contribution is 5.87. The van der Waals surface area contributed by atoms with E-state index in [0.717, 1.165) is 6.08 Å². The minimum absolute atomic E-state index is 0.0805. The van der Waals surface area contributed by atoms with Crippen LogP contribution >= 0.6 is 0 Å². The molecule has 0 saturated carbocycles. The van der Waals surface area contributed by atoms with E-state index in [0.29, 0.717) is 13.0 Å². The Balaban J connectivity index is 3.44. The van der Waals surface area contributed by atoms with Crippen LogP contribution in [0.15, 0.2) is 12.7 Å². The van der Waals surface area contributed by atoms with Crippen LogP contribution in [0.1, 0.15) is 6.42 Å². The number of hydrogen-bond donors (Lipinski definition) is 2. The van der Waals surface area contributed by atoms with E-state index in [4.69, 9.17) is 0 Å². The van der Waals surface area contributed by atoms with Crippen molar-refractivity contribution in [2.75, 3.05) is 27.3 Å². The lowest BCUT2D eigenvalue weighted by Gasteiger charge is -2.09. The lowest BCUT2D eigenvalue weighted by Crippen LogP contribution is -2.37. The molecule has 5 heteroatoms. The Labute approximate surface area is 84.2 Å². The maximum Gasteiger partial charge on any atom is 0.244 e. The van der Waals surface area contributed by atoms with Crippen LogP contribution in [0, 0.1) is 0 Å². The van der Waals surface area contributed by atoms with E-state index in [-0.39, 0.29) is 18.5 Å². The lowest BCUT2D eigenvalue weighted by atomic mass is 10.4. The summed E-state index contributed by atoms with van der Waals surface area (Å²) in [5.41, 5.74) is 0. The number of nitrogens with zero attached hydrogens (tertiary/aromatic N) is 1. The molecular weight excluding hydrogens is 182 g/mol. The first-order valence-corrected chi connectivity index (χ1v) is 4.38. The molecule has 0 rings (SSSR count). The van der Waals surface area contributed by atoms with Gasteiger partial charge in [-0.3, -0.25) is 9.59 Å². The van der Waals surface area contributed by atoms with Gasteiger partial charge < -0.3 is 15.5 Å². The normalized spacial score (nSPS) is 9.64. The zero-order chi connectivity index (χ0) is 11.0. The second-order valence-electron chi connectivity index (χ2n) is 3.08. The first-order chi connectivity index (χ1) is 6.56. The summed E-state index contributed by atoms with van der Waals surface area (Å²) >= 11 is 0. The number of carbonyl (C=O) groups is 2. The van der Waals surface area contributed by atoms with E-state index in [1.54, 1.807) is 0 Å². The van der Waals surface area contributed by atoms with Gasteiger partial charge in [0.1, 0.15) is 0 Å². The Kier molecular flexibility index (Phi) is 6.39. The number of hydrogen-bond acceptors (Lipinski definition) is 3. The molecule has 0 bridgehead atoms. The molecule has 0 radical (unpaired) electrons. The van der Waals surface area contributed by atoms with Crippen LogP contribution < -0.4 is 10.6 Å². The van der Waals surface area contributed by atoms with Gasteiger partial charge in [-0.1, -0.05) is 6.58 Å². The average molecular weight is 199 g/mol. The fourth-order valence-corrected chi connectivity index (χ4v) is 0.716. The third kappa shape index (κ3) is 7.30. The minimum atomic E-state index is -0.294. The monoisotopic (exact) mass is 199 g/mol. The van der Waals surface area contributed by atoms with Crippen molar-refractivity contribution in [3.63, 3.8) is 0 Å². The van der Waals surface area contributed by atoms with E-state index in [2.05, 4.69) is 17.2 Å². The predicted molar refractivity (Wildman–Crippen MR) is 54.5 cm³/mol. The van der Waals surface area contributed by atoms with Crippen molar-refractivity contribution in [2.45, 2.75) is 6.42 Å². The van der Waals surface area contributed by atoms with Gasteiger partial charge in [0.15, 0.2) is 0 Å². The summed E-state index contributed by atoms with van der Waals surface area (Å²) in [6.45, 7) is 4.13. The van der Waals surface area contributed by atoms with Crippen molar-refractivity contribution in [3.8, 4) is 0 Å². The van der Waals surface area contributed by atoms with E-state index >= 15 is 0 Å². The summed E-state index contributed by atoms with van der Waals surface area (Å²) in [5.74, 6) is -0.374. The van der Waals surface area contributed by atoms with Crippen molar-refractivity contribution in [2.24, 2.45) is 0 Å². The van der Waals surface area contributed by atoms with Crippen molar-refractivity contribution in [1.82, 2.24) is 15.5 Å². The van der Waals surface area contributed by atoms with Gasteiger partial charge in [0.05, 0.1) is 6.67 Å². The molecule has 80 valence electrons. The van der Waals surface area contributed by atoms with Crippen molar-refractivity contribution >= 4 is 11.8 Å². The van der Waals surface area contributed by atoms with Crippen LogP contribution in [0.5, 0.6) is 0 Å². The topological polar surface area (TPSA) is 61.4 Å². The molecule has 0 spiro atoms. The third-order valence-electron chi connectivity index (χ3n) is 1.52. The molecule has 0 aromatic rings. The standard InChI is InChI=1S/C9H17N3O2/c1-4-8(13)10-7-11-9(14)5-6-12(2)3/h4H,1,5-7H2,2-3H3,(H,10,13)(H,11,14). The quantitative estimate of drug-likeness (QED) is 0.440. The van der Waals surface area contributed by atoms with Crippen LogP contribution in [0.4, 0.5) is 0 Å². The molecule has 0 saturated heterocycles. The van der Waals surface area contributed by atoms with E-state index in [9.17, 15) is 9.59 Å². The van der Waals surface area contributed by atoms with Gasteiger partial charge in [-0.05, 0) is 20.2 Å². The summed E-state index contributed by atoms with van der Waals surface area (Å²) in [5, 5.41) is 5.01. The summed E-state index contributed by atoms with van der Waals surface area (Å²) in [4.78, 5) is 23.7. The molecule has 0 aliphatic heterocycles. The fourth-order valence-electron chi connectivity index (χ4n) is 0.716. The van der Waals surface area contributed by atoms with Gasteiger partial charge in [0.2, 0.25) is 11.8 Å². The van der Waals surface area contributed by atoms with Gasteiger partial charge >= 0.3 is 0 Å². The summed E-state index contributed by atoms with van der Waals surface area (Å²) in [6, 6.07) is 0. The van der Waals surface area contributed by atoms with E-state index < -0.39 is 0 Å². The molecule has 0 aromatic carbocycles. The predicted octanol–water partition coefficient (Wildman–Crippen LogP) is -0.686. The van der Waals surface area contributed by atoms with Crippen LogP contribution in [0.2, 0.25) is 0 Å². The van der Waals surface area contributed by atoms with E-state index in [1.807, 2.05) is 19.0 Å². The van der Waals surface area contributed by atoms with Crippen LogP contribution in [0.3, 0.4) is 0 Å². The SMILES string of the molecule is C=CC(=O)NCNC(=O)CCN(C)C. The van der Waals surface area contributed by atoms with Crippen LogP contribution in [0.25, 0.3) is 0 Å². The Morgan fingerprint density at radius 3 is 2.50 bits per heavy atom. The molecule has 5 nitrogen and oxygen atoms in total. The number of nitrogens with one attached hydrogen (secondary N) is 2. The van der Waals surface area contributed by atoms with Gasteiger partial charge in [-0.15, -0.1) is 0 Å². The molecule has 0 aliphatic rings. The van der Waals surface area contributed by atoms with E-state index in [1.165, 1.54) is 0 Å². The fraction of sp³-hybridized carbons (Fsp3) is 0.556. The average Bonchev–Trinajstić information content (AvgIpc) is 2.14. The minimum Gasteiger partial charge on any atom is -0.339 e. The van der Waals surface area contributed by atoms with Gasteiger partial charge in [-0.2, -0.15) is 0 Å². The van der Waals surface area contributed by atoms with Crippen molar-refractivity contribution in [3.05, 3.63) is 12.7 Å². The summed E-state index contributed by atoms with van der Waals surface area (Å²) in [6.07, 6.45) is 1.59. The molecule has 2 amide bonds. The second kappa shape index (κ2) is 7.08. The molecule has 0 aromatic heterocycles. The van der Waals surface area contributed by atoms with Gasteiger partial charge in [0, 0.05) is 13.0 Å². The molecular formula is C9H17N3O2. The summed E-state index contributed by atoms with van der Waals surface area (Å²) in [7, 11) is 3.79. The zero-order valence-corrected chi connectivity index (χ0v) is 8.67. The lowest BCUT2D eigenvalue weighted by molar-refractivity contribution is -0.121. The Morgan fingerprint density at radius 2 is 2.00 bits per heavy atom. The molecule has 2 N–H and O–H groups in total. The first-order valence-electron chi connectivity index (χ1n) is 4.38. The maximum atomic E-state index is 11.1. The van der Waals surface area contributed by atoms with Crippen molar-refractivity contribution < 1.29 is 9.59 Å². The van der Waals surface area contributed by atoms with Crippen LogP contribution in [-0.2, 0) is 9.59 Å². The molecule has 14 heavy (non-hydrogen) atoms. The largest absolute Gasteiger partial charge is 0.339 e. The number of carbonyl (C=O) groups excluding carboxylic acids is 2. The van der Waals surface area contributed by atoms with Gasteiger partial charge in [-0.25, -0.2) is 0 Å². The zero-order valence-electron chi connectivity index (χ0n) is 8.67. The number of rotatable bonds is 6. The molecule has 0 unspecified atom stereocenters. The Morgan fingerprint density at radius 1 is 1.36 bits per heavy atom. The number of amides is 2. The van der Waals surface area contributed by atoms with Crippen molar-refractivity contribution in [1.29, 1.82) is 0 Å². The maximum absolute atomic E-state index is 11.1. The first kappa shape index (κ1) is 12.6. The highest BCUT2D eigenvalue weighted by Crippen LogP contribution is 1.82. The molecule has 0 aliphatic carbocycles. The molecule has 0 heterocycles. The molecule has 0 atom stereocenters. The highest BCUT2D eigenvalue weighted by atomic mass is 16.2. The second-order valence-corrected chi connectivity index (χ2v) is 3.08. The highest BCUT2D eigenvalue weighted by Gasteiger charge is 2.01. The third-order valence-corrected chi connectivity index (χ3v) is 1.52. The molecule has 0 fully saturated rings. The summed E-state index contributed by atoms with van der Waals surface area (Å²) < 4.78 is 0.